The minimum atomic E-state index is -0.298. The van der Waals surface area contributed by atoms with Gasteiger partial charge in [-0.15, -0.1) is 10.2 Å². The largest absolute Gasteiger partial charge is 0.344 e. The predicted molar refractivity (Wildman–Crippen MR) is 92.1 cm³/mol. The Labute approximate surface area is 145 Å². The molecule has 2 aromatic rings. The van der Waals surface area contributed by atoms with E-state index in [1.165, 1.54) is 11.8 Å². The van der Waals surface area contributed by atoms with Gasteiger partial charge in [0, 0.05) is 38.1 Å². The van der Waals surface area contributed by atoms with E-state index in [-0.39, 0.29) is 11.2 Å². The quantitative estimate of drug-likeness (QED) is 0.716. The zero-order valence-corrected chi connectivity index (χ0v) is 14.8. The van der Waals surface area contributed by atoms with Gasteiger partial charge in [0.25, 0.3) is 0 Å². The third kappa shape index (κ3) is 4.11. The van der Waals surface area contributed by atoms with Crippen molar-refractivity contribution < 1.29 is 4.79 Å². The van der Waals surface area contributed by atoms with Crippen molar-refractivity contribution in [2.75, 3.05) is 13.6 Å². The van der Waals surface area contributed by atoms with Gasteiger partial charge in [-0.2, -0.15) is 5.26 Å². The summed E-state index contributed by atoms with van der Waals surface area (Å²) in [4.78, 5) is 18.0. The molecule has 0 aromatic carbocycles. The molecule has 0 fully saturated rings. The van der Waals surface area contributed by atoms with Crippen molar-refractivity contribution in [1.82, 2.24) is 24.6 Å². The van der Waals surface area contributed by atoms with Gasteiger partial charge in [0.2, 0.25) is 5.91 Å². The van der Waals surface area contributed by atoms with Crippen LogP contribution in [0.1, 0.15) is 20.3 Å². The maximum atomic E-state index is 12.4. The van der Waals surface area contributed by atoms with Crippen molar-refractivity contribution in [1.29, 1.82) is 5.26 Å². The summed E-state index contributed by atoms with van der Waals surface area (Å²) in [6.45, 7) is 5.00. The van der Waals surface area contributed by atoms with Gasteiger partial charge < -0.3 is 9.47 Å². The Morgan fingerprint density at radius 1 is 1.42 bits per heavy atom. The van der Waals surface area contributed by atoms with E-state index in [9.17, 15) is 4.79 Å². The average molecular weight is 344 g/mol. The minimum Gasteiger partial charge on any atom is -0.344 e. The second-order valence-corrected chi connectivity index (χ2v) is 6.52. The van der Waals surface area contributed by atoms with Crippen molar-refractivity contribution in [3.05, 3.63) is 24.5 Å². The van der Waals surface area contributed by atoms with Gasteiger partial charge in [0.05, 0.1) is 17.7 Å². The number of hydrogen-bond acceptors (Lipinski definition) is 6. The molecular weight excluding hydrogens is 324 g/mol. The third-order valence-corrected chi connectivity index (χ3v) is 4.60. The molecule has 2 rings (SSSR count). The van der Waals surface area contributed by atoms with Gasteiger partial charge in [-0.05, 0) is 26.0 Å². The lowest BCUT2D eigenvalue weighted by Gasteiger charge is -2.19. The zero-order chi connectivity index (χ0) is 17.5. The molecular formula is C16H20N6OS. The Morgan fingerprint density at radius 2 is 2.12 bits per heavy atom. The number of carbonyl (C=O) groups is 1. The molecule has 0 aliphatic carbocycles. The maximum absolute atomic E-state index is 12.4. The molecule has 0 radical (unpaired) electrons. The van der Waals surface area contributed by atoms with Gasteiger partial charge in [-0.3, -0.25) is 9.78 Å². The van der Waals surface area contributed by atoms with Gasteiger partial charge in [-0.1, -0.05) is 11.8 Å². The number of amides is 1. The molecule has 2 aromatic heterocycles. The maximum Gasteiger partial charge on any atom is 0.235 e. The van der Waals surface area contributed by atoms with Crippen LogP contribution in [0.3, 0.4) is 0 Å². The van der Waals surface area contributed by atoms with E-state index >= 15 is 0 Å². The van der Waals surface area contributed by atoms with E-state index in [0.717, 1.165) is 11.4 Å². The lowest BCUT2D eigenvalue weighted by Crippen LogP contribution is -2.34. The van der Waals surface area contributed by atoms with Crippen LogP contribution in [0.15, 0.2) is 29.7 Å². The molecule has 0 aliphatic heterocycles. The Balaban J connectivity index is 2.14. The first-order chi connectivity index (χ1) is 11.6. The van der Waals surface area contributed by atoms with Crippen molar-refractivity contribution >= 4 is 17.7 Å². The summed E-state index contributed by atoms with van der Waals surface area (Å²) in [5, 5.41) is 17.5. The zero-order valence-electron chi connectivity index (χ0n) is 14.0. The normalized spacial score (nSPS) is 11.8. The van der Waals surface area contributed by atoms with Crippen molar-refractivity contribution in [3.8, 4) is 17.5 Å². The Hall–Kier alpha value is -2.40. The number of thioether (sulfide) groups is 1. The van der Waals surface area contributed by atoms with Gasteiger partial charge in [0.1, 0.15) is 0 Å². The molecule has 0 spiro atoms. The average Bonchev–Trinajstić information content (AvgIpc) is 3.02. The summed E-state index contributed by atoms with van der Waals surface area (Å²) in [6, 6.07) is 5.82. The lowest BCUT2D eigenvalue weighted by atomic mass is 10.2. The van der Waals surface area contributed by atoms with E-state index in [0.29, 0.717) is 24.7 Å². The fraction of sp³-hybridized carbons (Fsp3) is 0.438. The van der Waals surface area contributed by atoms with E-state index in [2.05, 4.69) is 15.2 Å². The van der Waals surface area contributed by atoms with Crippen LogP contribution >= 0.6 is 11.8 Å². The van der Waals surface area contributed by atoms with E-state index in [1.54, 1.807) is 24.3 Å². The molecule has 126 valence electrons. The van der Waals surface area contributed by atoms with Crippen LogP contribution in [0, 0.1) is 11.3 Å². The molecule has 1 amide bonds. The van der Waals surface area contributed by atoms with Crippen LogP contribution in [0.2, 0.25) is 0 Å². The van der Waals surface area contributed by atoms with Crippen LogP contribution in [-0.4, -0.2) is 49.4 Å². The van der Waals surface area contributed by atoms with Crippen LogP contribution in [0.25, 0.3) is 11.4 Å². The molecule has 0 saturated carbocycles. The van der Waals surface area contributed by atoms with E-state index < -0.39 is 0 Å². The molecule has 0 N–H and O–H groups in total. The molecule has 0 saturated heterocycles. The van der Waals surface area contributed by atoms with Gasteiger partial charge in [0.15, 0.2) is 11.0 Å². The Kier molecular flexibility index (Phi) is 6.32. The molecule has 1 atom stereocenters. The van der Waals surface area contributed by atoms with Crippen molar-refractivity contribution in [3.63, 3.8) is 0 Å². The van der Waals surface area contributed by atoms with Crippen LogP contribution in [-0.2, 0) is 11.3 Å². The van der Waals surface area contributed by atoms with Crippen LogP contribution < -0.4 is 0 Å². The molecule has 7 nitrogen and oxygen atoms in total. The second-order valence-electron chi connectivity index (χ2n) is 5.21. The SMILES string of the molecule is CCn1c(S[C@@H](C)C(=O)N(C)CCC#N)nnc1-c1ccncc1. The Bertz CT molecular complexity index is 724. The van der Waals surface area contributed by atoms with Crippen LogP contribution in [0.5, 0.6) is 0 Å². The first-order valence-electron chi connectivity index (χ1n) is 7.70. The fourth-order valence-electron chi connectivity index (χ4n) is 2.22. The summed E-state index contributed by atoms with van der Waals surface area (Å²) in [7, 11) is 1.71. The van der Waals surface area contributed by atoms with Gasteiger partial charge in [-0.25, -0.2) is 0 Å². The minimum absolute atomic E-state index is 0.0219. The standard InChI is InChI=1S/C16H20N6OS/c1-4-22-14(13-6-9-18-10-7-13)19-20-16(22)24-12(2)15(23)21(3)11-5-8-17/h6-7,9-10,12H,4-5,11H2,1-3H3/t12-/m0/s1. The third-order valence-electron chi connectivity index (χ3n) is 3.54. The smallest absolute Gasteiger partial charge is 0.235 e. The fourth-order valence-corrected chi connectivity index (χ4v) is 3.25. The van der Waals surface area contributed by atoms with Crippen molar-refractivity contribution in [2.45, 2.75) is 37.2 Å². The van der Waals surface area contributed by atoms with Crippen LogP contribution in [0.4, 0.5) is 0 Å². The molecule has 24 heavy (non-hydrogen) atoms. The molecule has 0 bridgehead atoms. The monoisotopic (exact) mass is 344 g/mol. The van der Waals surface area contributed by atoms with E-state index in [1.807, 2.05) is 36.6 Å². The number of nitrogens with zero attached hydrogens (tertiary/aromatic N) is 6. The lowest BCUT2D eigenvalue weighted by molar-refractivity contribution is -0.128. The molecule has 0 aliphatic rings. The molecule has 8 heteroatoms. The number of hydrogen-bond donors (Lipinski definition) is 0. The number of nitriles is 1. The number of rotatable bonds is 7. The predicted octanol–water partition coefficient (Wildman–Crippen LogP) is 2.21. The summed E-state index contributed by atoms with van der Waals surface area (Å²) >= 11 is 1.38. The Morgan fingerprint density at radius 3 is 2.75 bits per heavy atom. The molecule has 0 unspecified atom stereocenters. The number of aromatic nitrogens is 4. The summed E-state index contributed by atoms with van der Waals surface area (Å²) in [5.74, 6) is 0.742. The summed E-state index contributed by atoms with van der Waals surface area (Å²) in [6.07, 6.45) is 3.76. The first-order valence-corrected chi connectivity index (χ1v) is 8.58. The van der Waals surface area contributed by atoms with Gasteiger partial charge >= 0.3 is 0 Å². The topological polar surface area (TPSA) is 87.7 Å². The molecule has 2 heterocycles. The highest BCUT2D eigenvalue weighted by atomic mass is 32.2. The van der Waals surface area contributed by atoms with Crippen molar-refractivity contribution in [2.24, 2.45) is 0 Å². The first kappa shape index (κ1) is 17.9. The summed E-state index contributed by atoms with van der Waals surface area (Å²) in [5.41, 5.74) is 0.941. The second kappa shape index (κ2) is 8.45. The summed E-state index contributed by atoms with van der Waals surface area (Å²) < 4.78 is 1.99. The highest BCUT2D eigenvalue weighted by molar-refractivity contribution is 8.00. The van der Waals surface area contributed by atoms with E-state index in [4.69, 9.17) is 5.26 Å². The highest BCUT2D eigenvalue weighted by Crippen LogP contribution is 2.27. The number of pyridine rings is 1. The highest BCUT2D eigenvalue weighted by Gasteiger charge is 2.22. The number of carbonyl (C=O) groups excluding carboxylic acids is 1.